The van der Waals surface area contributed by atoms with Crippen molar-refractivity contribution in [2.45, 2.75) is 13.5 Å². The number of aromatic nitrogens is 2. The van der Waals surface area contributed by atoms with E-state index in [-0.39, 0.29) is 0 Å². The smallest absolute Gasteiger partial charge is 0.219 e. The predicted octanol–water partition coefficient (Wildman–Crippen LogP) is 0.292. The Morgan fingerprint density at radius 2 is 2.33 bits per heavy atom. The van der Waals surface area contributed by atoms with Gasteiger partial charge >= 0.3 is 0 Å². The van der Waals surface area contributed by atoms with E-state index in [1.807, 2.05) is 14.0 Å². The predicted molar refractivity (Wildman–Crippen MR) is 60.5 cm³/mol. The Morgan fingerprint density at radius 1 is 1.53 bits per heavy atom. The minimum absolute atomic E-state index is 0.642. The van der Waals surface area contributed by atoms with Crippen LogP contribution >= 0.6 is 11.3 Å². The molecule has 0 spiro atoms. The maximum Gasteiger partial charge on any atom is 0.219 e. The van der Waals surface area contributed by atoms with Crippen molar-refractivity contribution in [3.8, 4) is 0 Å². The number of hydrogen-bond acceptors (Lipinski definition) is 7. The number of likely N-dealkylation sites (N-methyl/N-ethyl adjacent to an activating group) is 1. The second-order valence-corrected chi connectivity index (χ2v) is 4.14. The molecule has 7 heteroatoms. The van der Waals surface area contributed by atoms with Crippen LogP contribution in [0.2, 0.25) is 0 Å². The number of nitrogens with zero attached hydrogens (tertiary/aromatic N) is 3. The summed E-state index contributed by atoms with van der Waals surface area (Å²) in [5, 5.41) is 9.45. The summed E-state index contributed by atoms with van der Waals surface area (Å²) in [5.41, 5.74) is 2.47. The molecule has 1 aromatic rings. The van der Waals surface area contributed by atoms with Crippen LogP contribution in [0, 0.1) is 0 Å². The first-order valence-electron chi connectivity index (χ1n) is 4.81. The summed E-state index contributed by atoms with van der Waals surface area (Å²) in [6.45, 7) is 5.15. The minimum atomic E-state index is 0.642. The molecule has 0 aliphatic heterocycles. The minimum Gasteiger partial charge on any atom is -0.380 e. The van der Waals surface area contributed by atoms with Crippen LogP contribution in [0.3, 0.4) is 0 Å². The van der Waals surface area contributed by atoms with E-state index in [2.05, 4.69) is 20.5 Å². The average Bonchev–Trinajstić information content (AvgIpc) is 2.66. The zero-order valence-corrected chi connectivity index (χ0v) is 9.88. The Morgan fingerprint density at radius 3 is 2.93 bits per heavy atom. The fourth-order valence-corrected chi connectivity index (χ4v) is 1.78. The summed E-state index contributed by atoms with van der Waals surface area (Å²) in [4.78, 5) is 2.14. The summed E-state index contributed by atoms with van der Waals surface area (Å²) in [6.07, 6.45) is 0. The Kier molecular flexibility index (Phi) is 5.48. The summed E-state index contributed by atoms with van der Waals surface area (Å²) in [6, 6.07) is 0. The molecule has 0 bridgehead atoms. The van der Waals surface area contributed by atoms with Gasteiger partial charge in [0.15, 0.2) is 0 Å². The molecule has 15 heavy (non-hydrogen) atoms. The first-order chi connectivity index (χ1) is 7.26. The van der Waals surface area contributed by atoms with E-state index >= 15 is 0 Å². The average molecular weight is 231 g/mol. The quantitative estimate of drug-likeness (QED) is 0.399. The Balaban J connectivity index is 2.27. The van der Waals surface area contributed by atoms with E-state index in [0.717, 1.165) is 31.3 Å². The highest BCUT2D eigenvalue weighted by atomic mass is 32.1. The first kappa shape index (κ1) is 12.3. The molecule has 0 atom stereocenters. The Bertz CT molecular complexity index is 280. The second kappa shape index (κ2) is 6.67. The van der Waals surface area contributed by atoms with Gasteiger partial charge in [0, 0.05) is 13.2 Å². The second-order valence-electron chi connectivity index (χ2n) is 3.08. The Labute approximate surface area is 93.4 Å². The number of anilines is 1. The normalized spacial score (nSPS) is 10.9. The van der Waals surface area contributed by atoms with Gasteiger partial charge in [0.05, 0.1) is 13.2 Å². The number of hydrogen-bond donors (Lipinski definition) is 2. The molecule has 0 fully saturated rings. The number of nitrogen functional groups attached to an aromatic ring is 1. The maximum atomic E-state index is 5.26. The molecule has 0 aliphatic carbocycles. The van der Waals surface area contributed by atoms with Crippen molar-refractivity contribution >= 4 is 16.5 Å². The largest absolute Gasteiger partial charge is 0.380 e. The number of rotatable bonds is 7. The lowest BCUT2D eigenvalue weighted by atomic mass is 10.5. The number of hydrazine groups is 1. The number of ether oxygens (including phenoxy) is 1. The van der Waals surface area contributed by atoms with Crippen molar-refractivity contribution in [1.82, 2.24) is 15.1 Å². The number of nitrogens with two attached hydrogens (primary N) is 1. The van der Waals surface area contributed by atoms with E-state index in [9.17, 15) is 0 Å². The van der Waals surface area contributed by atoms with E-state index in [1.165, 1.54) is 11.3 Å². The topological polar surface area (TPSA) is 76.3 Å². The van der Waals surface area contributed by atoms with Gasteiger partial charge in [-0.15, -0.1) is 10.2 Å². The zero-order valence-electron chi connectivity index (χ0n) is 9.06. The molecule has 1 rings (SSSR count). The van der Waals surface area contributed by atoms with Gasteiger partial charge in [0.2, 0.25) is 5.13 Å². The molecule has 0 aliphatic rings. The van der Waals surface area contributed by atoms with E-state index in [1.54, 1.807) is 0 Å². The molecular formula is C8H17N5OS. The zero-order chi connectivity index (χ0) is 11.1. The van der Waals surface area contributed by atoms with Crippen molar-refractivity contribution in [3.63, 3.8) is 0 Å². The van der Waals surface area contributed by atoms with Crippen molar-refractivity contribution < 1.29 is 4.74 Å². The van der Waals surface area contributed by atoms with Gasteiger partial charge in [-0.25, -0.2) is 5.84 Å². The molecule has 6 nitrogen and oxygen atoms in total. The fraction of sp³-hybridized carbons (Fsp3) is 0.750. The summed E-state index contributed by atoms with van der Waals surface area (Å²) in [7, 11) is 2.02. The van der Waals surface area contributed by atoms with Gasteiger partial charge in [-0.3, -0.25) is 10.3 Å². The molecule has 0 radical (unpaired) electrons. The van der Waals surface area contributed by atoms with Crippen molar-refractivity contribution in [3.05, 3.63) is 5.01 Å². The van der Waals surface area contributed by atoms with Gasteiger partial charge in [0.1, 0.15) is 5.01 Å². The van der Waals surface area contributed by atoms with E-state index < -0.39 is 0 Å². The maximum absolute atomic E-state index is 5.26. The lowest BCUT2D eigenvalue weighted by molar-refractivity contribution is 0.120. The fourth-order valence-electron chi connectivity index (χ4n) is 1.05. The molecule has 0 aromatic carbocycles. The summed E-state index contributed by atoms with van der Waals surface area (Å²) in [5.74, 6) is 5.22. The standard InChI is InChI=1S/C8H17N5OS/c1-3-14-5-4-13(2)6-7-11-12-8(10-9)15-7/h3-6,9H2,1-2H3,(H,10,12). The summed E-state index contributed by atoms with van der Waals surface area (Å²) >= 11 is 1.46. The van der Waals surface area contributed by atoms with Crippen LogP contribution in [-0.2, 0) is 11.3 Å². The van der Waals surface area contributed by atoms with Crippen LogP contribution in [0.25, 0.3) is 0 Å². The Hall–Kier alpha value is -0.760. The monoisotopic (exact) mass is 231 g/mol. The highest BCUT2D eigenvalue weighted by Gasteiger charge is 2.05. The molecule has 0 amide bonds. The van der Waals surface area contributed by atoms with Crippen LogP contribution in [-0.4, -0.2) is 41.9 Å². The van der Waals surface area contributed by atoms with Crippen LogP contribution in [0.4, 0.5) is 5.13 Å². The molecular weight excluding hydrogens is 214 g/mol. The molecule has 0 saturated carbocycles. The third-order valence-corrected chi connectivity index (χ3v) is 2.66. The third kappa shape index (κ3) is 4.52. The van der Waals surface area contributed by atoms with Crippen LogP contribution in [0.1, 0.15) is 11.9 Å². The molecule has 1 aromatic heterocycles. The van der Waals surface area contributed by atoms with Gasteiger partial charge in [0.25, 0.3) is 0 Å². The SMILES string of the molecule is CCOCCN(C)Cc1nnc(NN)s1. The highest BCUT2D eigenvalue weighted by Crippen LogP contribution is 2.14. The van der Waals surface area contributed by atoms with Crippen molar-refractivity contribution in [2.24, 2.45) is 5.84 Å². The van der Waals surface area contributed by atoms with Crippen LogP contribution < -0.4 is 11.3 Å². The van der Waals surface area contributed by atoms with Gasteiger partial charge in [-0.2, -0.15) is 0 Å². The van der Waals surface area contributed by atoms with E-state index in [4.69, 9.17) is 10.6 Å². The van der Waals surface area contributed by atoms with Gasteiger partial charge in [-0.05, 0) is 14.0 Å². The van der Waals surface area contributed by atoms with Crippen LogP contribution in [0.15, 0.2) is 0 Å². The molecule has 0 saturated heterocycles. The number of nitrogens with one attached hydrogen (secondary N) is 1. The third-order valence-electron chi connectivity index (χ3n) is 1.82. The van der Waals surface area contributed by atoms with E-state index in [0.29, 0.717) is 5.13 Å². The van der Waals surface area contributed by atoms with Crippen molar-refractivity contribution in [2.75, 3.05) is 32.2 Å². The molecule has 3 N–H and O–H groups in total. The molecule has 86 valence electrons. The lowest BCUT2D eigenvalue weighted by Crippen LogP contribution is -2.22. The molecule has 1 heterocycles. The lowest BCUT2D eigenvalue weighted by Gasteiger charge is -2.13. The van der Waals surface area contributed by atoms with Crippen molar-refractivity contribution in [1.29, 1.82) is 0 Å². The first-order valence-corrected chi connectivity index (χ1v) is 5.63. The van der Waals surface area contributed by atoms with Crippen LogP contribution in [0.5, 0.6) is 0 Å². The van der Waals surface area contributed by atoms with Gasteiger partial charge in [-0.1, -0.05) is 11.3 Å². The van der Waals surface area contributed by atoms with Gasteiger partial charge < -0.3 is 4.74 Å². The summed E-state index contributed by atoms with van der Waals surface area (Å²) < 4.78 is 5.26. The molecule has 0 unspecified atom stereocenters. The highest BCUT2D eigenvalue weighted by molar-refractivity contribution is 7.15.